The highest BCUT2D eigenvalue weighted by atomic mass is 35.5. The molecule has 0 aliphatic heterocycles. The van der Waals surface area contributed by atoms with Gasteiger partial charge in [-0.25, -0.2) is 4.39 Å². The number of nitrogens with zero attached hydrogens (tertiary/aromatic N) is 2. The zero-order valence-corrected chi connectivity index (χ0v) is 16.9. The van der Waals surface area contributed by atoms with E-state index in [9.17, 15) is 14.3 Å². The van der Waals surface area contributed by atoms with Crippen molar-refractivity contribution in [1.29, 1.82) is 0 Å². The van der Waals surface area contributed by atoms with E-state index in [2.05, 4.69) is 27.2 Å². The molecule has 0 saturated carbocycles. The number of hydrogen-bond donors (Lipinski definition) is 3. The first-order valence-corrected chi connectivity index (χ1v) is 9.52. The molecular formula is C22H20ClFN4O2. The molecule has 154 valence electrons. The Labute approximate surface area is 178 Å². The van der Waals surface area contributed by atoms with Crippen molar-refractivity contribution in [2.45, 2.75) is 13.0 Å². The summed E-state index contributed by atoms with van der Waals surface area (Å²) in [5.74, 6) is -0.840. The van der Waals surface area contributed by atoms with Crippen molar-refractivity contribution in [3.8, 4) is 11.3 Å². The molecule has 1 amide bonds. The Kier molecular flexibility index (Phi) is 6.76. The van der Waals surface area contributed by atoms with Crippen LogP contribution in [0.4, 0.5) is 15.8 Å². The molecule has 8 heteroatoms. The Balaban J connectivity index is 1.98. The van der Waals surface area contributed by atoms with Crippen molar-refractivity contribution in [2.24, 2.45) is 0 Å². The molecule has 0 aliphatic rings. The molecule has 3 aromatic rings. The summed E-state index contributed by atoms with van der Waals surface area (Å²) in [7, 11) is 0. The summed E-state index contributed by atoms with van der Waals surface area (Å²) in [4.78, 5) is 20.8. The molecule has 1 unspecified atom stereocenters. The number of pyridine rings is 2. The molecule has 30 heavy (non-hydrogen) atoms. The van der Waals surface area contributed by atoms with E-state index < -0.39 is 11.9 Å². The Morgan fingerprint density at radius 1 is 1.30 bits per heavy atom. The second-order valence-electron chi connectivity index (χ2n) is 6.59. The Morgan fingerprint density at radius 3 is 2.83 bits per heavy atom. The van der Waals surface area contributed by atoms with Gasteiger partial charge < -0.3 is 15.7 Å². The maximum Gasteiger partial charge on any atom is 0.255 e. The first-order chi connectivity index (χ1) is 14.4. The molecule has 3 N–H and O–H groups in total. The minimum atomic E-state index is -0.676. The van der Waals surface area contributed by atoms with Crippen molar-refractivity contribution in [1.82, 2.24) is 15.3 Å². The van der Waals surface area contributed by atoms with Gasteiger partial charge in [0.05, 0.1) is 23.0 Å². The second-order valence-corrected chi connectivity index (χ2v) is 7.03. The van der Waals surface area contributed by atoms with Gasteiger partial charge in [0.25, 0.3) is 5.91 Å². The van der Waals surface area contributed by atoms with Crippen LogP contribution in [0.1, 0.15) is 22.8 Å². The normalized spacial score (nSPS) is 11.6. The highest BCUT2D eigenvalue weighted by Gasteiger charge is 2.15. The zero-order chi connectivity index (χ0) is 21.7. The molecule has 1 aromatic carbocycles. The lowest BCUT2D eigenvalue weighted by Gasteiger charge is -2.15. The van der Waals surface area contributed by atoms with Crippen LogP contribution in [0.5, 0.6) is 0 Å². The van der Waals surface area contributed by atoms with Gasteiger partial charge in [0.2, 0.25) is 0 Å². The molecule has 0 fully saturated rings. The van der Waals surface area contributed by atoms with E-state index in [1.807, 2.05) is 0 Å². The van der Waals surface area contributed by atoms with Gasteiger partial charge in [-0.1, -0.05) is 24.3 Å². The molecular weight excluding hydrogens is 407 g/mol. The molecule has 6 nitrogen and oxygen atoms in total. The van der Waals surface area contributed by atoms with Crippen molar-refractivity contribution >= 4 is 35.0 Å². The number of aromatic nitrogens is 2. The summed E-state index contributed by atoms with van der Waals surface area (Å²) >= 11 is 6.01. The lowest BCUT2D eigenvalue weighted by atomic mass is 10.1. The predicted octanol–water partition coefficient (Wildman–Crippen LogP) is 4.43. The number of anilines is 2. The minimum Gasteiger partial charge on any atom is -0.392 e. The van der Waals surface area contributed by atoms with Gasteiger partial charge in [-0.2, -0.15) is 0 Å². The Bertz CT molecular complexity index is 1090. The van der Waals surface area contributed by atoms with Crippen molar-refractivity contribution in [3.63, 3.8) is 0 Å². The highest BCUT2D eigenvalue weighted by Crippen LogP contribution is 2.30. The summed E-state index contributed by atoms with van der Waals surface area (Å²) in [5.41, 5.74) is 2.64. The number of aliphatic hydroxyl groups is 1. The van der Waals surface area contributed by atoms with Gasteiger partial charge in [0.1, 0.15) is 5.82 Å². The van der Waals surface area contributed by atoms with Gasteiger partial charge in [-0.15, -0.1) is 0 Å². The largest absolute Gasteiger partial charge is 0.392 e. The van der Waals surface area contributed by atoms with Crippen molar-refractivity contribution in [2.75, 3.05) is 11.9 Å². The van der Waals surface area contributed by atoms with Crippen LogP contribution in [-0.2, 0) is 0 Å². The third kappa shape index (κ3) is 5.00. The fourth-order valence-corrected chi connectivity index (χ4v) is 2.92. The SMILES string of the molecule is C=Cc1cnc(-c2cc(Cl)ccc2F)cc1Nc1ccncc1C(=O)NCC(C)O. The van der Waals surface area contributed by atoms with E-state index >= 15 is 0 Å². The zero-order valence-electron chi connectivity index (χ0n) is 16.2. The third-order valence-corrected chi connectivity index (χ3v) is 4.49. The van der Waals surface area contributed by atoms with E-state index in [0.717, 1.165) is 0 Å². The molecule has 2 heterocycles. The average molecular weight is 427 g/mol. The van der Waals surface area contributed by atoms with Gasteiger partial charge in [-0.3, -0.25) is 14.8 Å². The maximum atomic E-state index is 14.3. The number of rotatable bonds is 7. The third-order valence-electron chi connectivity index (χ3n) is 4.25. The van der Waals surface area contributed by atoms with Crippen LogP contribution in [0.2, 0.25) is 5.02 Å². The van der Waals surface area contributed by atoms with Crippen molar-refractivity contribution in [3.05, 3.63) is 77.5 Å². The van der Waals surface area contributed by atoms with Crippen LogP contribution in [0.3, 0.4) is 0 Å². The lowest BCUT2D eigenvalue weighted by Crippen LogP contribution is -2.31. The number of nitrogens with one attached hydrogen (secondary N) is 2. The molecule has 2 aromatic heterocycles. The summed E-state index contributed by atoms with van der Waals surface area (Å²) in [6.45, 7) is 5.46. The Hall–Kier alpha value is -3.29. The van der Waals surface area contributed by atoms with Crippen LogP contribution in [0.25, 0.3) is 17.3 Å². The lowest BCUT2D eigenvalue weighted by molar-refractivity contribution is 0.0924. The number of carbonyl (C=O) groups is 1. The smallest absolute Gasteiger partial charge is 0.255 e. The second kappa shape index (κ2) is 9.47. The molecule has 3 rings (SSSR count). The number of aliphatic hydroxyl groups excluding tert-OH is 1. The van der Waals surface area contributed by atoms with E-state index in [0.29, 0.717) is 33.2 Å². The number of amides is 1. The van der Waals surface area contributed by atoms with Crippen LogP contribution >= 0.6 is 11.6 Å². The molecule has 0 aliphatic carbocycles. The molecule has 1 atom stereocenters. The monoisotopic (exact) mass is 426 g/mol. The molecule has 0 radical (unpaired) electrons. The van der Waals surface area contributed by atoms with Crippen LogP contribution in [0, 0.1) is 5.82 Å². The first-order valence-electron chi connectivity index (χ1n) is 9.14. The molecule has 0 saturated heterocycles. The fraction of sp³-hybridized carbons (Fsp3) is 0.136. The number of hydrogen-bond acceptors (Lipinski definition) is 5. The summed E-state index contributed by atoms with van der Waals surface area (Å²) in [6.07, 6.45) is 5.44. The number of halogens is 2. The number of benzene rings is 1. The van der Waals surface area contributed by atoms with E-state index in [4.69, 9.17) is 11.6 Å². The van der Waals surface area contributed by atoms with E-state index in [-0.39, 0.29) is 18.0 Å². The van der Waals surface area contributed by atoms with Gasteiger partial charge in [-0.05, 0) is 37.3 Å². The van der Waals surface area contributed by atoms with E-state index in [1.54, 1.807) is 37.5 Å². The maximum absolute atomic E-state index is 14.3. The average Bonchev–Trinajstić information content (AvgIpc) is 2.74. The minimum absolute atomic E-state index is 0.110. The number of carbonyl (C=O) groups excluding carboxylic acids is 1. The molecule has 0 spiro atoms. The first kappa shape index (κ1) is 21.4. The topological polar surface area (TPSA) is 87.1 Å². The fourth-order valence-electron chi connectivity index (χ4n) is 2.74. The quantitative estimate of drug-likeness (QED) is 0.520. The van der Waals surface area contributed by atoms with Crippen LogP contribution in [0.15, 0.2) is 55.5 Å². The van der Waals surface area contributed by atoms with Gasteiger partial charge in [0, 0.05) is 47.0 Å². The summed E-state index contributed by atoms with van der Waals surface area (Å²) < 4.78 is 14.3. The highest BCUT2D eigenvalue weighted by molar-refractivity contribution is 6.30. The van der Waals surface area contributed by atoms with Crippen molar-refractivity contribution < 1.29 is 14.3 Å². The standard InChI is InChI=1S/C22H20ClFN4O2/c1-3-14-11-26-21(16-8-15(23)4-5-18(16)24)9-20(14)28-19-6-7-25-12-17(19)22(30)27-10-13(2)29/h3-9,11-13,29H,1,10H2,2H3,(H,27,30)(H,25,26,28). The van der Waals surface area contributed by atoms with Crippen LogP contribution < -0.4 is 10.6 Å². The van der Waals surface area contributed by atoms with Gasteiger partial charge in [0.15, 0.2) is 0 Å². The van der Waals surface area contributed by atoms with E-state index in [1.165, 1.54) is 24.4 Å². The summed E-state index contributed by atoms with van der Waals surface area (Å²) in [6, 6.07) is 7.54. The Morgan fingerprint density at radius 2 is 2.10 bits per heavy atom. The van der Waals surface area contributed by atoms with Gasteiger partial charge >= 0.3 is 0 Å². The molecule has 0 bridgehead atoms. The predicted molar refractivity (Wildman–Crippen MR) is 116 cm³/mol. The van der Waals surface area contributed by atoms with Crippen LogP contribution in [-0.4, -0.2) is 33.6 Å². The summed E-state index contributed by atoms with van der Waals surface area (Å²) in [5, 5.41) is 15.6.